The molecule has 1 amide bonds. The molecule has 3 aromatic heterocycles. The molecule has 0 spiro atoms. The molecule has 0 saturated carbocycles. The van der Waals surface area contributed by atoms with E-state index in [2.05, 4.69) is 25.4 Å². The van der Waals surface area contributed by atoms with Gasteiger partial charge in [-0.3, -0.25) is 9.48 Å². The number of H-pyrrole nitrogens is 1. The van der Waals surface area contributed by atoms with Crippen molar-refractivity contribution < 1.29 is 18.3 Å². The Hall–Kier alpha value is -3.56. The van der Waals surface area contributed by atoms with Crippen molar-refractivity contribution in [2.75, 3.05) is 6.54 Å². The van der Waals surface area contributed by atoms with E-state index in [1.165, 1.54) is 4.68 Å². The molecule has 1 aliphatic rings. The molecule has 0 aliphatic carbocycles. The van der Waals surface area contributed by atoms with E-state index in [-0.39, 0.29) is 17.9 Å². The number of carbonyl (C=O) groups is 1. The summed E-state index contributed by atoms with van der Waals surface area (Å²) in [7, 11) is 0. The molecule has 2 N–H and O–H groups in total. The Morgan fingerprint density at radius 2 is 2.19 bits per heavy atom. The van der Waals surface area contributed by atoms with Crippen molar-refractivity contribution in [1.29, 1.82) is 0 Å². The summed E-state index contributed by atoms with van der Waals surface area (Å²) in [6, 6.07) is 7.31. The molecule has 8 nitrogen and oxygen atoms in total. The molecule has 1 aromatic carbocycles. The number of rotatable bonds is 6. The predicted molar refractivity (Wildman–Crippen MR) is 110 cm³/mol. The van der Waals surface area contributed by atoms with Gasteiger partial charge in [-0.2, -0.15) is 5.10 Å². The number of fused-ring (bicyclic) bond motifs is 2. The SMILES string of the molecule is C[C@@H](Oc1nc(-c2ccc3c(cnn3CC(F)F)c2)cc2[nH]cnc12)[C@H]1CNC(=O)C1. The van der Waals surface area contributed by atoms with Gasteiger partial charge in [0.25, 0.3) is 6.43 Å². The Kier molecular flexibility index (Phi) is 4.76. The van der Waals surface area contributed by atoms with Crippen LogP contribution in [0.15, 0.2) is 36.8 Å². The molecule has 10 heteroatoms. The third-order valence-corrected chi connectivity index (χ3v) is 5.59. The number of halogens is 2. The largest absolute Gasteiger partial charge is 0.473 e. The first-order chi connectivity index (χ1) is 15.0. The van der Waals surface area contributed by atoms with Crippen LogP contribution in [0.4, 0.5) is 8.78 Å². The predicted octanol–water partition coefficient (Wildman–Crippen LogP) is 3.14. The van der Waals surface area contributed by atoms with E-state index < -0.39 is 13.0 Å². The molecule has 0 unspecified atom stereocenters. The van der Waals surface area contributed by atoms with Crippen LogP contribution in [0.3, 0.4) is 0 Å². The second kappa shape index (κ2) is 7.60. The summed E-state index contributed by atoms with van der Waals surface area (Å²) in [6.07, 6.45) is 0.867. The van der Waals surface area contributed by atoms with Gasteiger partial charge < -0.3 is 15.0 Å². The van der Waals surface area contributed by atoms with Gasteiger partial charge in [0.15, 0.2) is 5.52 Å². The Morgan fingerprint density at radius 3 is 2.97 bits per heavy atom. The third kappa shape index (κ3) is 3.69. The van der Waals surface area contributed by atoms with Crippen LogP contribution in [0.2, 0.25) is 0 Å². The second-order valence-electron chi connectivity index (χ2n) is 7.69. The summed E-state index contributed by atoms with van der Waals surface area (Å²) in [6.45, 7) is 2.04. The average Bonchev–Trinajstić information content (AvgIpc) is 3.47. The zero-order valence-corrected chi connectivity index (χ0v) is 16.7. The zero-order valence-electron chi connectivity index (χ0n) is 16.7. The highest BCUT2D eigenvalue weighted by Gasteiger charge is 2.29. The van der Waals surface area contributed by atoms with E-state index in [9.17, 15) is 13.6 Å². The van der Waals surface area contributed by atoms with E-state index in [1.807, 2.05) is 25.1 Å². The lowest BCUT2D eigenvalue weighted by molar-refractivity contribution is -0.119. The van der Waals surface area contributed by atoms with Gasteiger partial charge >= 0.3 is 0 Å². The molecule has 1 fully saturated rings. The molecule has 1 saturated heterocycles. The lowest BCUT2D eigenvalue weighted by Crippen LogP contribution is -2.26. The van der Waals surface area contributed by atoms with E-state index in [0.29, 0.717) is 35.6 Å². The number of hydrogen-bond donors (Lipinski definition) is 2. The molecule has 0 radical (unpaired) electrons. The Labute approximate surface area is 175 Å². The Balaban J connectivity index is 1.49. The number of pyridine rings is 1. The van der Waals surface area contributed by atoms with Gasteiger partial charge in [0.05, 0.1) is 29.3 Å². The first kappa shape index (κ1) is 19.4. The van der Waals surface area contributed by atoms with Gasteiger partial charge in [0.2, 0.25) is 11.8 Å². The average molecular weight is 426 g/mol. The number of carbonyl (C=O) groups excluding carboxylic acids is 1. The van der Waals surface area contributed by atoms with E-state index in [4.69, 9.17) is 4.74 Å². The maximum Gasteiger partial charge on any atom is 0.257 e. The quantitative estimate of drug-likeness (QED) is 0.494. The number of benzene rings is 1. The number of aromatic amines is 1. The number of amides is 1. The number of hydrogen-bond acceptors (Lipinski definition) is 5. The highest BCUT2D eigenvalue weighted by Crippen LogP contribution is 2.31. The molecule has 4 aromatic rings. The van der Waals surface area contributed by atoms with Gasteiger partial charge in [-0.25, -0.2) is 18.7 Å². The highest BCUT2D eigenvalue weighted by molar-refractivity contribution is 5.88. The van der Waals surface area contributed by atoms with Gasteiger partial charge in [-0.1, -0.05) is 6.07 Å². The van der Waals surface area contributed by atoms with Crippen molar-refractivity contribution >= 4 is 27.8 Å². The van der Waals surface area contributed by atoms with Crippen LogP contribution in [-0.2, 0) is 11.3 Å². The Morgan fingerprint density at radius 1 is 1.32 bits per heavy atom. The minimum atomic E-state index is -2.47. The minimum absolute atomic E-state index is 0.0211. The van der Waals surface area contributed by atoms with Gasteiger partial charge in [0.1, 0.15) is 12.6 Å². The summed E-state index contributed by atoms with van der Waals surface area (Å²) in [5.41, 5.74) is 3.47. The van der Waals surface area contributed by atoms with Gasteiger partial charge in [-0.05, 0) is 25.1 Å². The summed E-state index contributed by atoms with van der Waals surface area (Å²) >= 11 is 0. The fraction of sp³-hybridized carbons (Fsp3) is 0.333. The summed E-state index contributed by atoms with van der Waals surface area (Å²) < 4.78 is 32.9. The van der Waals surface area contributed by atoms with E-state index >= 15 is 0 Å². The van der Waals surface area contributed by atoms with Crippen molar-refractivity contribution in [3.63, 3.8) is 0 Å². The lowest BCUT2D eigenvalue weighted by Gasteiger charge is -2.19. The van der Waals surface area contributed by atoms with Crippen LogP contribution in [0.5, 0.6) is 5.88 Å². The van der Waals surface area contributed by atoms with Crippen LogP contribution in [0.1, 0.15) is 13.3 Å². The van der Waals surface area contributed by atoms with Crippen LogP contribution >= 0.6 is 0 Å². The number of aromatic nitrogens is 5. The normalized spacial score (nSPS) is 17.5. The number of imidazole rings is 1. The second-order valence-corrected chi connectivity index (χ2v) is 7.69. The fourth-order valence-corrected chi connectivity index (χ4v) is 3.90. The maximum atomic E-state index is 12.8. The van der Waals surface area contributed by atoms with Crippen molar-refractivity contribution in [3.8, 4) is 17.1 Å². The highest BCUT2D eigenvalue weighted by atomic mass is 19.3. The standard InChI is InChI=1S/C21H20F2N6O2/c1-11(13-5-19(30)24-7-13)31-21-20-16(25-10-26-20)6-15(28-21)12-2-3-17-14(4-12)8-27-29(17)9-18(22)23/h2-4,6,8,10-11,13,18H,5,7,9H2,1H3,(H,24,30)(H,25,26)/t11-,13-/m1/s1. The third-order valence-electron chi connectivity index (χ3n) is 5.59. The van der Waals surface area contributed by atoms with Crippen molar-refractivity contribution in [3.05, 3.63) is 36.8 Å². The molecule has 1 aliphatic heterocycles. The monoisotopic (exact) mass is 426 g/mol. The molecule has 31 heavy (non-hydrogen) atoms. The molecule has 4 heterocycles. The summed E-state index contributed by atoms with van der Waals surface area (Å²) in [5, 5.41) is 7.63. The number of nitrogens with zero attached hydrogens (tertiary/aromatic N) is 4. The summed E-state index contributed by atoms with van der Waals surface area (Å²) in [5.74, 6) is 0.464. The fourth-order valence-electron chi connectivity index (χ4n) is 3.90. The van der Waals surface area contributed by atoms with Crippen LogP contribution in [0.25, 0.3) is 33.2 Å². The van der Waals surface area contributed by atoms with Crippen molar-refractivity contribution in [1.82, 2.24) is 30.0 Å². The van der Waals surface area contributed by atoms with Gasteiger partial charge in [-0.15, -0.1) is 0 Å². The van der Waals surface area contributed by atoms with Crippen LogP contribution < -0.4 is 10.1 Å². The number of ether oxygens (including phenoxy) is 1. The first-order valence-electron chi connectivity index (χ1n) is 9.99. The minimum Gasteiger partial charge on any atom is -0.473 e. The Bertz CT molecular complexity index is 1270. The van der Waals surface area contributed by atoms with Gasteiger partial charge in [0, 0.05) is 29.8 Å². The zero-order chi connectivity index (χ0) is 21.5. The van der Waals surface area contributed by atoms with E-state index in [0.717, 1.165) is 16.5 Å². The molecule has 2 atom stereocenters. The van der Waals surface area contributed by atoms with Crippen molar-refractivity contribution in [2.24, 2.45) is 5.92 Å². The molecular weight excluding hydrogens is 406 g/mol. The molecule has 5 rings (SSSR count). The lowest BCUT2D eigenvalue weighted by atomic mass is 10.0. The molecule has 160 valence electrons. The summed E-state index contributed by atoms with van der Waals surface area (Å²) in [4.78, 5) is 23.6. The number of nitrogens with one attached hydrogen (secondary N) is 2. The van der Waals surface area contributed by atoms with Crippen LogP contribution in [0, 0.1) is 5.92 Å². The number of alkyl halides is 2. The smallest absolute Gasteiger partial charge is 0.257 e. The van der Waals surface area contributed by atoms with E-state index in [1.54, 1.807) is 18.6 Å². The van der Waals surface area contributed by atoms with Crippen molar-refractivity contribution in [2.45, 2.75) is 32.4 Å². The topological polar surface area (TPSA) is 97.7 Å². The maximum absolute atomic E-state index is 12.8. The molecule has 0 bridgehead atoms. The molecular formula is C21H20F2N6O2. The van der Waals surface area contributed by atoms with Crippen LogP contribution in [-0.4, -0.2) is 49.7 Å². The first-order valence-corrected chi connectivity index (χ1v) is 9.99.